The van der Waals surface area contributed by atoms with Crippen molar-refractivity contribution in [1.29, 1.82) is 0 Å². The number of hydrogen-bond donors (Lipinski definition) is 2. The van der Waals surface area contributed by atoms with Gasteiger partial charge in [0.05, 0.1) is 6.61 Å². The lowest BCUT2D eigenvalue weighted by atomic mass is 10.1. The van der Waals surface area contributed by atoms with Crippen molar-refractivity contribution in [2.75, 3.05) is 6.61 Å². The van der Waals surface area contributed by atoms with Gasteiger partial charge in [-0.1, -0.05) is 18.6 Å². The van der Waals surface area contributed by atoms with Crippen LogP contribution >= 0.6 is 0 Å². The second-order valence-corrected chi connectivity index (χ2v) is 2.65. The van der Waals surface area contributed by atoms with E-state index < -0.39 is 5.97 Å². The topological polar surface area (TPSA) is 57.5 Å². The second kappa shape index (κ2) is 8.27. The molecule has 0 radical (unpaired) electrons. The minimum Gasteiger partial charge on any atom is -0.481 e. The summed E-state index contributed by atoms with van der Waals surface area (Å²) in [6.07, 6.45) is 7.52. The minimum absolute atomic E-state index is 0.0924. The SMILES string of the molecule is O=C(O)CCCCCC=CCO. The fraction of sp³-hybridized carbons (Fsp3) is 0.667. The monoisotopic (exact) mass is 172 g/mol. The molecule has 2 N–H and O–H groups in total. The van der Waals surface area contributed by atoms with E-state index in [-0.39, 0.29) is 13.0 Å². The Kier molecular flexibility index (Phi) is 7.70. The molecule has 0 aliphatic carbocycles. The van der Waals surface area contributed by atoms with Crippen molar-refractivity contribution in [1.82, 2.24) is 0 Å². The van der Waals surface area contributed by atoms with E-state index in [1.165, 1.54) is 0 Å². The van der Waals surface area contributed by atoms with Crippen LogP contribution in [0.25, 0.3) is 0 Å². The summed E-state index contributed by atoms with van der Waals surface area (Å²) in [7, 11) is 0. The first-order chi connectivity index (χ1) is 5.77. The largest absolute Gasteiger partial charge is 0.481 e. The quantitative estimate of drug-likeness (QED) is 0.452. The van der Waals surface area contributed by atoms with Gasteiger partial charge in [-0.3, -0.25) is 4.79 Å². The molecule has 3 heteroatoms. The standard InChI is InChI=1S/C9H16O3/c10-8-6-4-2-1-3-5-7-9(11)12/h4,6,10H,1-3,5,7-8H2,(H,11,12). The smallest absolute Gasteiger partial charge is 0.303 e. The van der Waals surface area contributed by atoms with E-state index >= 15 is 0 Å². The number of carbonyl (C=O) groups is 1. The third-order valence-corrected chi connectivity index (χ3v) is 1.53. The van der Waals surface area contributed by atoms with Crippen LogP contribution < -0.4 is 0 Å². The predicted octanol–water partition coefficient (Wildman–Crippen LogP) is 1.57. The number of carboxylic acid groups (broad SMARTS) is 1. The molecule has 0 saturated carbocycles. The van der Waals surface area contributed by atoms with Gasteiger partial charge in [-0.2, -0.15) is 0 Å². The third-order valence-electron chi connectivity index (χ3n) is 1.53. The van der Waals surface area contributed by atoms with Gasteiger partial charge in [0.1, 0.15) is 0 Å². The fourth-order valence-corrected chi connectivity index (χ4v) is 0.908. The fourth-order valence-electron chi connectivity index (χ4n) is 0.908. The van der Waals surface area contributed by atoms with Gasteiger partial charge in [-0.15, -0.1) is 0 Å². The van der Waals surface area contributed by atoms with E-state index in [1.807, 2.05) is 6.08 Å². The van der Waals surface area contributed by atoms with Crippen molar-refractivity contribution in [3.8, 4) is 0 Å². The van der Waals surface area contributed by atoms with E-state index in [9.17, 15) is 4.79 Å². The first-order valence-corrected chi connectivity index (χ1v) is 4.25. The van der Waals surface area contributed by atoms with Crippen LogP contribution in [0.1, 0.15) is 32.1 Å². The zero-order valence-electron chi connectivity index (χ0n) is 7.20. The summed E-state index contributed by atoms with van der Waals surface area (Å²) < 4.78 is 0. The van der Waals surface area contributed by atoms with Crippen LogP contribution in [0.15, 0.2) is 12.2 Å². The van der Waals surface area contributed by atoms with Crippen molar-refractivity contribution in [3.63, 3.8) is 0 Å². The van der Waals surface area contributed by atoms with Crippen molar-refractivity contribution in [2.24, 2.45) is 0 Å². The Morgan fingerprint density at radius 2 is 1.92 bits per heavy atom. The summed E-state index contributed by atoms with van der Waals surface area (Å²) in [4.78, 5) is 10.1. The van der Waals surface area contributed by atoms with E-state index in [2.05, 4.69) is 0 Å². The number of hydrogen-bond acceptors (Lipinski definition) is 2. The molecule has 0 aliphatic rings. The molecule has 70 valence electrons. The first-order valence-electron chi connectivity index (χ1n) is 4.25. The van der Waals surface area contributed by atoms with E-state index in [0.29, 0.717) is 0 Å². The molecular weight excluding hydrogens is 156 g/mol. The molecule has 0 heterocycles. The summed E-state index contributed by atoms with van der Waals surface area (Å²) in [5.74, 6) is -0.721. The first kappa shape index (κ1) is 11.2. The van der Waals surface area contributed by atoms with Crippen molar-refractivity contribution < 1.29 is 15.0 Å². The summed E-state index contributed by atoms with van der Waals surface area (Å²) in [5, 5.41) is 16.7. The molecule has 3 nitrogen and oxygen atoms in total. The van der Waals surface area contributed by atoms with Crippen LogP contribution in [-0.4, -0.2) is 22.8 Å². The summed E-state index contributed by atoms with van der Waals surface area (Å²) in [6, 6.07) is 0. The number of aliphatic hydroxyl groups excluding tert-OH is 1. The number of aliphatic hydroxyl groups is 1. The number of aliphatic carboxylic acids is 1. The Morgan fingerprint density at radius 3 is 2.50 bits per heavy atom. The lowest BCUT2D eigenvalue weighted by Crippen LogP contribution is -1.93. The highest BCUT2D eigenvalue weighted by Gasteiger charge is 1.94. The highest BCUT2D eigenvalue weighted by atomic mass is 16.4. The minimum atomic E-state index is -0.721. The van der Waals surface area contributed by atoms with Gasteiger partial charge < -0.3 is 10.2 Å². The Balaban J connectivity index is 3.00. The molecule has 0 fully saturated rings. The number of unbranched alkanes of at least 4 members (excludes halogenated alkanes) is 3. The van der Waals surface area contributed by atoms with Crippen molar-refractivity contribution in [2.45, 2.75) is 32.1 Å². The van der Waals surface area contributed by atoms with Gasteiger partial charge in [0, 0.05) is 6.42 Å². The molecule has 0 amide bonds. The number of rotatable bonds is 7. The Morgan fingerprint density at radius 1 is 1.17 bits per heavy atom. The van der Waals surface area contributed by atoms with Gasteiger partial charge in [0.25, 0.3) is 0 Å². The van der Waals surface area contributed by atoms with Gasteiger partial charge in [-0.25, -0.2) is 0 Å². The lowest BCUT2D eigenvalue weighted by molar-refractivity contribution is -0.137. The zero-order valence-corrected chi connectivity index (χ0v) is 7.20. The Bertz CT molecular complexity index is 141. The molecule has 0 unspecified atom stereocenters. The van der Waals surface area contributed by atoms with E-state index in [0.717, 1.165) is 25.7 Å². The molecule has 0 bridgehead atoms. The van der Waals surface area contributed by atoms with Gasteiger partial charge >= 0.3 is 5.97 Å². The van der Waals surface area contributed by atoms with Crippen LogP contribution in [-0.2, 0) is 4.79 Å². The Labute approximate surface area is 72.7 Å². The molecule has 12 heavy (non-hydrogen) atoms. The van der Waals surface area contributed by atoms with Gasteiger partial charge in [0.15, 0.2) is 0 Å². The number of allylic oxidation sites excluding steroid dienone is 1. The highest BCUT2D eigenvalue weighted by Crippen LogP contribution is 2.03. The average molecular weight is 172 g/mol. The van der Waals surface area contributed by atoms with Crippen LogP contribution in [0.2, 0.25) is 0 Å². The molecule has 0 aromatic rings. The summed E-state index contributed by atoms with van der Waals surface area (Å²) in [5.41, 5.74) is 0. The molecule has 0 spiro atoms. The molecule has 0 aromatic heterocycles. The predicted molar refractivity (Wildman–Crippen MR) is 46.9 cm³/mol. The summed E-state index contributed by atoms with van der Waals surface area (Å²) in [6.45, 7) is 0.0924. The van der Waals surface area contributed by atoms with Gasteiger partial charge in [-0.05, 0) is 19.3 Å². The maximum atomic E-state index is 10.1. The molecule has 0 saturated heterocycles. The summed E-state index contributed by atoms with van der Waals surface area (Å²) >= 11 is 0. The highest BCUT2D eigenvalue weighted by molar-refractivity contribution is 5.66. The van der Waals surface area contributed by atoms with Crippen molar-refractivity contribution >= 4 is 5.97 Å². The molecule has 0 aliphatic heterocycles. The molecular formula is C9H16O3. The molecule has 0 atom stereocenters. The van der Waals surface area contributed by atoms with Crippen LogP contribution in [0.3, 0.4) is 0 Å². The molecule has 0 rings (SSSR count). The lowest BCUT2D eigenvalue weighted by Gasteiger charge is -1.94. The van der Waals surface area contributed by atoms with E-state index in [1.54, 1.807) is 6.08 Å². The second-order valence-electron chi connectivity index (χ2n) is 2.65. The van der Waals surface area contributed by atoms with Crippen molar-refractivity contribution in [3.05, 3.63) is 12.2 Å². The Hall–Kier alpha value is -0.830. The van der Waals surface area contributed by atoms with Crippen LogP contribution in [0.4, 0.5) is 0 Å². The normalized spacial score (nSPS) is 10.8. The average Bonchev–Trinajstić information content (AvgIpc) is 2.02. The maximum Gasteiger partial charge on any atom is 0.303 e. The third kappa shape index (κ3) is 9.17. The maximum absolute atomic E-state index is 10.1. The molecule has 0 aromatic carbocycles. The zero-order chi connectivity index (χ0) is 9.23. The van der Waals surface area contributed by atoms with Crippen LogP contribution in [0.5, 0.6) is 0 Å². The van der Waals surface area contributed by atoms with E-state index in [4.69, 9.17) is 10.2 Å². The van der Waals surface area contributed by atoms with Crippen LogP contribution in [0, 0.1) is 0 Å². The van der Waals surface area contributed by atoms with Gasteiger partial charge in [0.2, 0.25) is 0 Å². The number of carboxylic acids is 1.